The Bertz CT molecular complexity index is 1490. The molecule has 0 spiro atoms. The highest BCUT2D eigenvalue weighted by Crippen LogP contribution is 2.23. The predicted molar refractivity (Wildman–Crippen MR) is 134 cm³/mol. The van der Waals surface area contributed by atoms with Crippen LogP contribution in [-0.4, -0.2) is 35.4 Å². The van der Waals surface area contributed by atoms with E-state index in [0.29, 0.717) is 24.7 Å². The first-order valence-corrected chi connectivity index (χ1v) is 11.3. The van der Waals surface area contributed by atoms with Gasteiger partial charge in [0.15, 0.2) is 0 Å². The molecule has 0 aliphatic carbocycles. The Morgan fingerprint density at radius 2 is 1.80 bits per heavy atom. The zero-order chi connectivity index (χ0) is 24.4. The molecule has 0 radical (unpaired) electrons. The summed E-state index contributed by atoms with van der Waals surface area (Å²) in [5.41, 5.74) is 10.3. The summed E-state index contributed by atoms with van der Waals surface area (Å²) in [7, 11) is 0. The van der Waals surface area contributed by atoms with Gasteiger partial charge in [-0.15, -0.1) is 5.10 Å². The maximum atomic E-state index is 12.8. The Morgan fingerprint density at radius 1 is 1.03 bits per heavy atom. The van der Waals surface area contributed by atoms with Gasteiger partial charge in [0.1, 0.15) is 11.6 Å². The molecular weight excluding hydrogens is 440 g/mol. The summed E-state index contributed by atoms with van der Waals surface area (Å²) >= 11 is 0. The normalized spacial score (nSPS) is 11.1. The summed E-state index contributed by atoms with van der Waals surface area (Å²) in [6.07, 6.45) is 5.39. The number of nitrogens with zero attached hydrogens (tertiary/aromatic N) is 6. The molecule has 3 aromatic heterocycles. The number of nitrogens with one attached hydrogen (secondary N) is 1. The monoisotopic (exact) mass is 466 g/mol. The SMILES string of the molecule is Cc1cc2c(N)nccc2cc1CNC(=O)c1nc(C)n(Cc2ccc(Cn3cccn3)cc2)n1. The van der Waals surface area contributed by atoms with Crippen molar-refractivity contribution in [2.75, 3.05) is 5.73 Å². The van der Waals surface area contributed by atoms with Crippen molar-refractivity contribution in [2.45, 2.75) is 33.5 Å². The van der Waals surface area contributed by atoms with Gasteiger partial charge in [-0.2, -0.15) is 5.10 Å². The molecule has 3 N–H and O–H groups in total. The highest BCUT2D eigenvalue weighted by molar-refractivity contribution is 5.92. The van der Waals surface area contributed by atoms with Crippen LogP contribution < -0.4 is 11.1 Å². The van der Waals surface area contributed by atoms with Gasteiger partial charge in [-0.3, -0.25) is 9.48 Å². The molecule has 0 aliphatic heterocycles. The summed E-state index contributed by atoms with van der Waals surface area (Å²) in [5, 5.41) is 13.5. The van der Waals surface area contributed by atoms with Crippen molar-refractivity contribution in [3.8, 4) is 0 Å². The fourth-order valence-corrected chi connectivity index (χ4v) is 4.01. The van der Waals surface area contributed by atoms with Crippen LogP contribution in [0.15, 0.2) is 67.1 Å². The molecule has 0 aliphatic rings. The quantitative estimate of drug-likeness (QED) is 0.380. The van der Waals surface area contributed by atoms with E-state index in [1.807, 2.05) is 49.0 Å². The lowest BCUT2D eigenvalue weighted by molar-refractivity contribution is 0.0940. The van der Waals surface area contributed by atoms with E-state index in [9.17, 15) is 4.79 Å². The molecule has 3 heterocycles. The number of hydrogen-bond donors (Lipinski definition) is 2. The van der Waals surface area contributed by atoms with E-state index >= 15 is 0 Å². The number of carbonyl (C=O) groups is 1. The van der Waals surface area contributed by atoms with Gasteiger partial charge < -0.3 is 11.1 Å². The van der Waals surface area contributed by atoms with Crippen molar-refractivity contribution in [1.82, 2.24) is 34.8 Å². The number of anilines is 1. The first-order chi connectivity index (χ1) is 17.0. The predicted octanol–water partition coefficient (Wildman–Crippen LogP) is 3.25. The fourth-order valence-electron chi connectivity index (χ4n) is 4.01. The van der Waals surface area contributed by atoms with E-state index < -0.39 is 0 Å². The Hall–Kier alpha value is -4.53. The number of pyridine rings is 1. The van der Waals surface area contributed by atoms with Crippen LogP contribution in [0.1, 0.15) is 38.7 Å². The summed E-state index contributed by atoms with van der Waals surface area (Å²) in [5.74, 6) is 1.03. The molecule has 0 bridgehead atoms. The first-order valence-electron chi connectivity index (χ1n) is 11.3. The standard InChI is InChI=1S/C26H26N8O/c1-17-12-23-21(8-10-28-24(23)27)13-22(17)14-29-26(35)25-31-18(2)34(32-25)16-20-6-4-19(5-7-20)15-33-11-3-9-30-33/h3-13H,14-16H2,1-2H3,(H2,27,28)(H,29,35). The summed E-state index contributed by atoms with van der Waals surface area (Å²) in [6.45, 7) is 5.47. The third kappa shape index (κ3) is 4.89. The van der Waals surface area contributed by atoms with Gasteiger partial charge in [0.05, 0.1) is 13.1 Å². The summed E-state index contributed by atoms with van der Waals surface area (Å²) < 4.78 is 3.63. The Kier molecular flexibility index (Phi) is 5.97. The van der Waals surface area contributed by atoms with E-state index in [2.05, 4.69) is 49.7 Å². The zero-order valence-electron chi connectivity index (χ0n) is 19.6. The van der Waals surface area contributed by atoms with Gasteiger partial charge in [0, 0.05) is 30.5 Å². The minimum Gasteiger partial charge on any atom is -0.383 e. The van der Waals surface area contributed by atoms with Crippen molar-refractivity contribution in [3.63, 3.8) is 0 Å². The lowest BCUT2D eigenvalue weighted by Gasteiger charge is -2.10. The van der Waals surface area contributed by atoms with Crippen LogP contribution in [0.25, 0.3) is 10.8 Å². The largest absolute Gasteiger partial charge is 0.383 e. The van der Waals surface area contributed by atoms with Crippen molar-refractivity contribution < 1.29 is 4.79 Å². The lowest BCUT2D eigenvalue weighted by atomic mass is 10.0. The van der Waals surface area contributed by atoms with E-state index in [0.717, 1.165) is 39.6 Å². The maximum absolute atomic E-state index is 12.8. The Balaban J connectivity index is 1.24. The van der Waals surface area contributed by atoms with Crippen LogP contribution in [-0.2, 0) is 19.6 Å². The average Bonchev–Trinajstić information content (AvgIpc) is 3.49. The number of carbonyl (C=O) groups excluding carboxylic acids is 1. The van der Waals surface area contributed by atoms with Crippen LogP contribution in [0.4, 0.5) is 5.82 Å². The number of fused-ring (bicyclic) bond motifs is 1. The van der Waals surface area contributed by atoms with Crippen molar-refractivity contribution in [2.24, 2.45) is 0 Å². The lowest BCUT2D eigenvalue weighted by Crippen LogP contribution is -2.24. The van der Waals surface area contributed by atoms with Gasteiger partial charge >= 0.3 is 0 Å². The number of amides is 1. The second kappa shape index (κ2) is 9.38. The van der Waals surface area contributed by atoms with Gasteiger partial charge in [-0.05, 0) is 65.8 Å². The van der Waals surface area contributed by atoms with E-state index in [1.54, 1.807) is 17.1 Å². The highest BCUT2D eigenvalue weighted by Gasteiger charge is 2.15. The van der Waals surface area contributed by atoms with Crippen molar-refractivity contribution in [1.29, 1.82) is 0 Å². The van der Waals surface area contributed by atoms with Crippen LogP contribution in [0.3, 0.4) is 0 Å². The fraction of sp³-hybridized carbons (Fsp3) is 0.192. The molecule has 0 saturated heterocycles. The van der Waals surface area contributed by atoms with Crippen LogP contribution in [0.5, 0.6) is 0 Å². The molecule has 0 saturated carbocycles. The highest BCUT2D eigenvalue weighted by atomic mass is 16.2. The molecule has 0 fully saturated rings. The molecular formula is C26H26N8O. The molecule has 35 heavy (non-hydrogen) atoms. The molecule has 5 rings (SSSR count). The molecule has 2 aromatic carbocycles. The van der Waals surface area contributed by atoms with Crippen molar-refractivity contribution in [3.05, 3.63) is 101 Å². The third-order valence-electron chi connectivity index (χ3n) is 6.01. The topological polar surface area (TPSA) is 117 Å². The second-order valence-corrected chi connectivity index (χ2v) is 8.54. The minimum atomic E-state index is -0.310. The number of rotatable bonds is 7. The maximum Gasteiger partial charge on any atom is 0.291 e. The number of nitrogen functional groups attached to an aromatic ring is 1. The zero-order valence-corrected chi connectivity index (χ0v) is 19.6. The first kappa shape index (κ1) is 22.3. The van der Waals surface area contributed by atoms with Gasteiger partial charge in [0.2, 0.25) is 5.82 Å². The summed E-state index contributed by atoms with van der Waals surface area (Å²) in [6, 6.07) is 16.1. The molecule has 0 unspecified atom stereocenters. The third-order valence-corrected chi connectivity index (χ3v) is 6.01. The van der Waals surface area contributed by atoms with Gasteiger partial charge in [-0.1, -0.05) is 24.3 Å². The smallest absolute Gasteiger partial charge is 0.291 e. The number of benzene rings is 2. The van der Waals surface area contributed by atoms with Gasteiger partial charge in [0.25, 0.3) is 5.91 Å². The number of nitrogens with two attached hydrogens (primary N) is 1. The Labute approximate surface area is 202 Å². The Morgan fingerprint density at radius 3 is 2.54 bits per heavy atom. The molecule has 1 amide bonds. The van der Waals surface area contributed by atoms with E-state index in [4.69, 9.17) is 5.73 Å². The molecule has 9 nitrogen and oxygen atoms in total. The van der Waals surface area contributed by atoms with Crippen LogP contribution >= 0.6 is 0 Å². The molecule has 9 heteroatoms. The van der Waals surface area contributed by atoms with Crippen LogP contribution in [0.2, 0.25) is 0 Å². The van der Waals surface area contributed by atoms with E-state index in [-0.39, 0.29) is 11.7 Å². The minimum absolute atomic E-state index is 0.157. The number of hydrogen-bond acceptors (Lipinski definition) is 6. The average molecular weight is 467 g/mol. The van der Waals surface area contributed by atoms with E-state index in [1.165, 1.54) is 0 Å². The van der Waals surface area contributed by atoms with Crippen LogP contribution in [0, 0.1) is 13.8 Å². The number of aromatic nitrogens is 6. The van der Waals surface area contributed by atoms with Gasteiger partial charge in [-0.25, -0.2) is 14.6 Å². The number of aryl methyl sites for hydroxylation is 2. The molecule has 0 atom stereocenters. The second-order valence-electron chi connectivity index (χ2n) is 8.54. The molecule has 176 valence electrons. The van der Waals surface area contributed by atoms with Crippen molar-refractivity contribution >= 4 is 22.5 Å². The molecule has 5 aromatic rings. The summed E-state index contributed by atoms with van der Waals surface area (Å²) in [4.78, 5) is 21.3.